The minimum absolute atomic E-state index is 0.115. The van der Waals surface area contributed by atoms with Crippen LogP contribution in [0, 0.1) is 0 Å². The number of benzene rings is 4. The van der Waals surface area contributed by atoms with Gasteiger partial charge in [-0.3, -0.25) is 0 Å². The molecule has 50 heavy (non-hydrogen) atoms. The van der Waals surface area contributed by atoms with Crippen LogP contribution in [0.4, 0.5) is 57.9 Å². The number of hydrogen-bond acceptors (Lipinski definition) is 12. The Morgan fingerprint density at radius 1 is 0.340 bits per heavy atom. The van der Waals surface area contributed by atoms with Gasteiger partial charge in [0, 0.05) is 47.2 Å². The zero-order valence-electron chi connectivity index (χ0n) is 27.1. The summed E-state index contributed by atoms with van der Waals surface area (Å²) in [5.41, 5.74) is 5.65. The molecule has 2 heterocycles. The lowest BCUT2D eigenvalue weighted by Gasteiger charge is -2.10. The number of para-hydroxylation sites is 2. The molecule has 0 saturated carbocycles. The summed E-state index contributed by atoms with van der Waals surface area (Å²) in [5.74, 6) is 1.58. The SMILES string of the molecule is Clc1nc(NCCCCCCNc2nc(Cl)nc(Nc3ccc(Nc4ccccc4)cc3)n2)nc(Nc2ccc(Nc3ccccc3)cc2)n1. The fraction of sp³-hybridized carbons (Fsp3) is 0.167. The Labute approximate surface area is 300 Å². The molecule has 0 aliphatic carbocycles. The average Bonchev–Trinajstić information content (AvgIpc) is 3.12. The first kappa shape index (κ1) is 34.2. The van der Waals surface area contributed by atoms with Crippen LogP contribution in [0.1, 0.15) is 25.7 Å². The van der Waals surface area contributed by atoms with Gasteiger partial charge in [0.2, 0.25) is 34.4 Å². The van der Waals surface area contributed by atoms with Crippen LogP contribution in [-0.2, 0) is 0 Å². The monoisotopic (exact) mass is 706 g/mol. The molecule has 6 rings (SSSR count). The maximum Gasteiger partial charge on any atom is 0.233 e. The Morgan fingerprint density at radius 2 is 0.660 bits per heavy atom. The molecule has 0 amide bonds. The lowest BCUT2D eigenvalue weighted by molar-refractivity contribution is 0.667. The summed E-state index contributed by atoms with van der Waals surface area (Å²) in [6, 6.07) is 35.7. The zero-order chi connectivity index (χ0) is 34.4. The summed E-state index contributed by atoms with van der Waals surface area (Å²) in [4.78, 5) is 25.8. The van der Waals surface area contributed by atoms with E-state index >= 15 is 0 Å². The minimum Gasteiger partial charge on any atom is -0.356 e. The van der Waals surface area contributed by atoms with Crippen molar-refractivity contribution in [3.63, 3.8) is 0 Å². The Bertz CT molecular complexity index is 1790. The molecule has 0 atom stereocenters. The summed E-state index contributed by atoms with van der Waals surface area (Å²) in [5, 5.41) is 19.8. The van der Waals surface area contributed by atoms with Crippen molar-refractivity contribution in [2.45, 2.75) is 25.7 Å². The van der Waals surface area contributed by atoms with Gasteiger partial charge in [0.05, 0.1) is 0 Å². The van der Waals surface area contributed by atoms with Crippen molar-refractivity contribution in [3.05, 3.63) is 120 Å². The maximum atomic E-state index is 6.18. The van der Waals surface area contributed by atoms with Gasteiger partial charge in [-0.2, -0.15) is 29.9 Å². The molecule has 0 saturated heterocycles. The van der Waals surface area contributed by atoms with Gasteiger partial charge < -0.3 is 31.9 Å². The largest absolute Gasteiger partial charge is 0.356 e. The quantitative estimate of drug-likeness (QED) is 0.0502. The maximum absolute atomic E-state index is 6.18. The first-order valence-corrected chi connectivity index (χ1v) is 17.0. The van der Waals surface area contributed by atoms with Crippen LogP contribution in [0.2, 0.25) is 10.6 Å². The van der Waals surface area contributed by atoms with Crippen molar-refractivity contribution in [3.8, 4) is 0 Å². The van der Waals surface area contributed by atoms with Crippen molar-refractivity contribution in [1.82, 2.24) is 29.9 Å². The van der Waals surface area contributed by atoms with Gasteiger partial charge in [0.1, 0.15) is 0 Å². The van der Waals surface area contributed by atoms with Gasteiger partial charge >= 0.3 is 0 Å². The van der Waals surface area contributed by atoms with E-state index in [9.17, 15) is 0 Å². The fourth-order valence-electron chi connectivity index (χ4n) is 4.88. The van der Waals surface area contributed by atoms with Crippen LogP contribution in [0.5, 0.6) is 0 Å². The third-order valence-corrected chi connectivity index (χ3v) is 7.63. The highest BCUT2D eigenvalue weighted by Gasteiger charge is 2.08. The average molecular weight is 708 g/mol. The first-order valence-electron chi connectivity index (χ1n) is 16.2. The van der Waals surface area contributed by atoms with E-state index in [0.29, 0.717) is 36.9 Å². The van der Waals surface area contributed by atoms with E-state index in [1.807, 2.05) is 109 Å². The predicted octanol–water partition coefficient (Wildman–Crippen LogP) is 9.42. The molecule has 0 aliphatic heterocycles. The second-order valence-corrected chi connectivity index (χ2v) is 11.8. The molecule has 0 radical (unpaired) electrons. The Balaban J connectivity index is 0.883. The zero-order valence-corrected chi connectivity index (χ0v) is 28.6. The molecule has 6 aromatic rings. The standard InChI is InChI=1S/C36H36Cl2N12/c37-31-45-33(49-35(47-31)43-29-19-15-27(16-20-29)41-25-11-5-3-6-12-25)39-23-9-1-2-10-24-40-34-46-32(38)48-36(50-34)44-30-21-17-28(18-22-30)42-26-13-7-4-8-14-26/h3-8,11-22,41-42H,1-2,9-10,23-24H2,(H2,39,43,45,47,49)(H2,40,44,46,48,50). The third-order valence-electron chi connectivity index (χ3n) is 7.29. The summed E-state index contributed by atoms with van der Waals surface area (Å²) in [6.07, 6.45) is 3.91. The van der Waals surface area contributed by atoms with E-state index < -0.39 is 0 Å². The van der Waals surface area contributed by atoms with Crippen molar-refractivity contribution in [2.75, 3.05) is 45.0 Å². The van der Waals surface area contributed by atoms with Gasteiger partial charge in [-0.25, -0.2) is 0 Å². The van der Waals surface area contributed by atoms with Crippen LogP contribution >= 0.6 is 23.2 Å². The van der Waals surface area contributed by atoms with Crippen LogP contribution in [-0.4, -0.2) is 43.0 Å². The summed E-state index contributed by atoms with van der Waals surface area (Å²) >= 11 is 12.4. The highest BCUT2D eigenvalue weighted by atomic mass is 35.5. The molecule has 0 bridgehead atoms. The van der Waals surface area contributed by atoms with E-state index in [-0.39, 0.29) is 10.6 Å². The van der Waals surface area contributed by atoms with Gasteiger partial charge in [-0.15, -0.1) is 0 Å². The number of anilines is 10. The second-order valence-electron chi connectivity index (χ2n) is 11.2. The van der Waals surface area contributed by atoms with Crippen LogP contribution in [0.3, 0.4) is 0 Å². The van der Waals surface area contributed by atoms with Crippen molar-refractivity contribution in [2.24, 2.45) is 0 Å². The number of nitrogens with zero attached hydrogens (tertiary/aromatic N) is 6. The summed E-state index contributed by atoms with van der Waals surface area (Å²) in [7, 11) is 0. The first-order chi connectivity index (χ1) is 24.5. The minimum atomic E-state index is 0.115. The highest BCUT2D eigenvalue weighted by Crippen LogP contribution is 2.23. The van der Waals surface area contributed by atoms with Crippen LogP contribution in [0.25, 0.3) is 0 Å². The number of nitrogens with one attached hydrogen (secondary N) is 6. The topological polar surface area (TPSA) is 150 Å². The molecular weight excluding hydrogens is 671 g/mol. The van der Waals surface area contributed by atoms with Crippen molar-refractivity contribution >= 4 is 81.1 Å². The van der Waals surface area contributed by atoms with E-state index in [1.54, 1.807) is 0 Å². The number of hydrogen-bond donors (Lipinski definition) is 6. The number of halogens is 2. The molecule has 12 nitrogen and oxygen atoms in total. The molecule has 254 valence electrons. The lowest BCUT2D eigenvalue weighted by Crippen LogP contribution is -2.09. The molecule has 2 aromatic heterocycles. The molecule has 0 aliphatic rings. The summed E-state index contributed by atoms with van der Waals surface area (Å²) in [6.45, 7) is 1.41. The molecule has 0 spiro atoms. The lowest BCUT2D eigenvalue weighted by atomic mass is 10.2. The van der Waals surface area contributed by atoms with Gasteiger partial charge in [0.15, 0.2) is 0 Å². The smallest absolute Gasteiger partial charge is 0.233 e. The highest BCUT2D eigenvalue weighted by molar-refractivity contribution is 6.28. The van der Waals surface area contributed by atoms with E-state index in [4.69, 9.17) is 23.2 Å². The van der Waals surface area contributed by atoms with E-state index in [2.05, 4.69) is 61.8 Å². The van der Waals surface area contributed by atoms with Crippen LogP contribution in [0.15, 0.2) is 109 Å². The molecule has 14 heteroatoms. The normalized spacial score (nSPS) is 10.7. The van der Waals surface area contributed by atoms with E-state index in [1.165, 1.54) is 0 Å². The summed E-state index contributed by atoms with van der Waals surface area (Å²) < 4.78 is 0. The Kier molecular flexibility index (Phi) is 12.0. The molecule has 6 N–H and O–H groups in total. The van der Waals surface area contributed by atoms with Gasteiger partial charge in [-0.1, -0.05) is 49.2 Å². The van der Waals surface area contributed by atoms with Crippen LogP contribution < -0.4 is 31.9 Å². The molecule has 0 unspecified atom stereocenters. The van der Waals surface area contributed by atoms with Gasteiger partial charge in [0.25, 0.3) is 0 Å². The molecule has 0 fully saturated rings. The number of rotatable bonds is 17. The number of aromatic nitrogens is 6. The Hall–Kier alpha value is -5.72. The van der Waals surface area contributed by atoms with Crippen molar-refractivity contribution < 1.29 is 0 Å². The molecule has 4 aromatic carbocycles. The number of unbranched alkanes of at least 4 members (excludes halogenated alkanes) is 3. The molecular formula is C36H36Cl2N12. The second kappa shape index (κ2) is 17.6. The van der Waals surface area contributed by atoms with Gasteiger partial charge in [-0.05, 0) is 109 Å². The van der Waals surface area contributed by atoms with Crippen molar-refractivity contribution in [1.29, 1.82) is 0 Å². The Morgan fingerprint density at radius 3 is 1.04 bits per heavy atom. The van der Waals surface area contributed by atoms with E-state index in [0.717, 1.165) is 59.8 Å². The predicted molar refractivity (Wildman–Crippen MR) is 204 cm³/mol. The fourth-order valence-corrected chi connectivity index (χ4v) is 5.20. The third kappa shape index (κ3) is 10.9.